The van der Waals surface area contributed by atoms with Gasteiger partial charge in [0.15, 0.2) is 0 Å². The Morgan fingerprint density at radius 2 is 1.54 bits per heavy atom. The largest absolute Gasteiger partial charge is 0.456 e. The fourth-order valence-corrected chi connectivity index (χ4v) is 2.83. The SMILES string of the molecule is CC[NH+](CC)CCOC(=O)c1ccc(NC(=O)Nc2ccc(Cl)c(Cl)c2)cc1. The molecule has 2 aromatic rings. The monoisotopic (exact) mass is 424 g/mol. The van der Waals surface area contributed by atoms with Gasteiger partial charge in [0.2, 0.25) is 0 Å². The Kier molecular flexibility index (Phi) is 8.57. The van der Waals surface area contributed by atoms with Crippen molar-refractivity contribution in [2.45, 2.75) is 13.8 Å². The molecule has 0 atom stereocenters. The van der Waals surface area contributed by atoms with E-state index < -0.39 is 6.03 Å². The Balaban J connectivity index is 1.85. The number of rotatable bonds is 8. The lowest BCUT2D eigenvalue weighted by Gasteiger charge is -2.15. The number of carbonyl (C=O) groups is 2. The Morgan fingerprint density at radius 1 is 0.929 bits per heavy atom. The second-order valence-corrected chi connectivity index (χ2v) is 6.94. The molecule has 0 radical (unpaired) electrons. The molecule has 0 unspecified atom stereocenters. The predicted octanol–water partition coefficient (Wildman–Crippen LogP) is 3.72. The number of nitrogens with one attached hydrogen (secondary N) is 3. The number of halogens is 2. The number of benzene rings is 2. The molecule has 0 aromatic heterocycles. The first-order valence-corrected chi connectivity index (χ1v) is 9.82. The lowest BCUT2D eigenvalue weighted by Crippen LogP contribution is -3.11. The van der Waals surface area contributed by atoms with Gasteiger partial charge in [-0.1, -0.05) is 23.2 Å². The van der Waals surface area contributed by atoms with Crippen LogP contribution >= 0.6 is 23.2 Å². The summed E-state index contributed by atoms with van der Waals surface area (Å²) in [6.07, 6.45) is 0. The van der Waals surface area contributed by atoms with Crippen LogP contribution in [0.1, 0.15) is 24.2 Å². The van der Waals surface area contributed by atoms with E-state index in [1.54, 1.807) is 42.5 Å². The van der Waals surface area contributed by atoms with Crippen molar-refractivity contribution in [3.8, 4) is 0 Å². The molecule has 28 heavy (non-hydrogen) atoms. The zero-order chi connectivity index (χ0) is 20.5. The number of hydrogen-bond donors (Lipinski definition) is 3. The van der Waals surface area contributed by atoms with Crippen molar-refractivity contribution < 1.29 is 19.2 Å². The average molecular weight is 425 g/mol. The van der Waals surface area contributed by atoms with Crippen molar-refractivity contribution in [2.24, 2.45) is 0 Å². The Hall–Kier alpha value is -2.28. The number of ether oxygens (including phenoxy) is 1. The fourth-order valence-electron chi connectivity index (χ4n) is 2.53. The first-order valence-electron chi connectivity index (χ1n) is 9.06. The molecule has 0 bridgehead atoms. The molecule has 2 amide bonds. The van der Waals surface area contributed by atoms with E-state index in [-0.39, 0.29) is 5.97 Å². The fraction of sp³-hybridized carbons (Fsp3) is 0.300. The van der Waals surface area contributed by atoms with Gasteiger partial charge in [0.05, 0.1) is 28.7 Å². The molecule has 0 saturated carbocycles. The van der Waals surface area contributed by atoms with Crippen LogP contribution in [0.3, 0.4) is 0 Å². The molecule has 2 aromatic carbocycles. The van der Waals surface area contributed by atoms with Crippen LogP contribution < -0.4 is 15.5 Å². The Bertz CT molecular complexity index is 809. The molecule has 0 saturated heterocycles. The van der Waals surface area contributed by atoms with Crippen molar-refractivity contribution in [1.29, 1.82) is 0 Å². The summed E-state index contributed by atoms with van der Waals surface area (Å²) in [5.74, 6) is -0.377. The van der Waals surface area contributed by atoms with Crippen LogP contribution in [0.25, 0.3) is 0 Å². The Labute approximate surface area is 174 Å². The summed E-state index contributed by atoms with van der Waals surface area (Å²) in [5.41, 5.74) is 1.49. The molecular weight excluding hydrogens is 401 g/mol. The van der Waals surface area contributed by atoms with Crippen LogP contribution in [0.4, 0.5) is 16.2 Å². The van der Waals surface area contributed by atoms with Gasteiger partial charge >= 0.3 is 12.0 Å². The standard InChI is InChI=1S/C20H23Cl2N3O3/c1-3-25(4-2)11-12-28-19(26)14-5-7-15(8-6-14)23-20(27)24-16-9-10-17(21)18(22)13-16/h5-10,13H,3-4,11-12H2,1-2H3,(H2,23,24,27)/p+1. The third-order valence-corrected chi connectivity index (χ3v) is 4.98. The molecule has 0 fully saturated rings. The molecular formula is C20H24Cl2N3O3+. The van der Waals surface area contributed by atoms with Gasteiger partial charge < -0.3 is 20.3 Å². The van der Waals surface area contributed by atoms with Gasteiger partial charge in [0.1, 0.15) is 13.2 Å². The van der Waals surface area contributed by atoms with Crippen molar-refractivity contribution >= 4 is 46.6 Å². The lowest BCUT2D eigenvalue weighted by molar-refractivity contribution is -0.896. The van der Waals surface area contributed by atoms with E-state index in [9.17, 15) is 9.59 Å². The van der Waals surface area contributed by atoms with Crippen molar-refractivity contribution in [3.63, 3.8) is 0 Å². The number of urea groups is 1. The van der Waals surface area contributed by atoms with E-state index in [0.29, 0.717) is 33.6 Å². The summed E-state index contributed by atoms with van der Waals surface area (Å²) >= 11 is 11.8. The number of anilines is 2. The quantitative estimate of drug-likeness (QED) is 0.565. The highest BCUT2D eigenvalue weighted by atomic mass is 35.5. The molecule has 0 aliphatic rings. The minimum atomic E-state index is -0.434. The summed E-state index contributed by atoms with van der Waals surface area (Å²) < 4.78 is 5.30. The molecule has 2 rings (SSSR count). The van der Waals surface area contributed by atoms with Crippen LogP contribution in [0, 0.1) is 0 Å². The highest BCUT2D eigenvalue weighted by Crippen LogP contribution is 2.25. The van der Waals surface area contributed by atoms with Gasteiger partial charge in [-0.25, -0.2) is 9.59 Å². The zero-order valence-corrected chi connectivity index (χ0v) is 17.4. The zero-order valence-electron chi connectivity index (χ0n) is 15.9. The molecule has 8 heteroatoms. The van der Waals surface area contributed by atoms with Gasteiger partial charge in [-0.3, -0.25) is 0 Å². The number of esters is 1. The number of hydrogen-bond acceptors (Lipinski definition) is 3. The maximum Gasteiger partial charge on any atom is 0.338 e. The summed E-state index contributed by atoms with van der Waals surface area (Å²) in [6.45, 7) is 7.36. The van der Waals surface area contributed by atoms with Crippen LogP contribution in [0.15, 0.2) is 42.5 Å². The number of quaternary nitrogens is 1. The van der Waals surface area contributed by atoms with Gasteiger partial charge in [0.25, 0.3) is 0 Å². The molecule has 0 aliphatic carbocycles. The maximum atomic E-state index is 12.1. The van der Waals surface area contributed by atoms with Gasteiger partial charge in [0, 0.05) is 11.4 Å². The van der Waals surface area contributed by atoms with Crippen LogP contribution in [-0.4, -0.2) is 38.2 Å². The summed E-state index contributed by atoms with van der Waals surface area (Å²) in [7, 11) is 0. The third-order valence-electron chi connectivity index (χ3n) is 4.24. The van der Waals surface area contributed by atoms with Crippen LogP contribution in [0.5, 0.6) is 0 Å². The maximum absolute atomic E-state index is 12.1. The molecule has 0 aliphatic heterocycles. The topological polar surface area (TPSA) is 71.9 Å². The van der Waals surface area contributed by atoms with E-state index in [4.69, 9.17) is 27.9 Å². The number of amides is 2. The molecule has 150 valence electrons. The number of carbonyl (C=O) groups excluding carboxylic acids is 2. The van der Waals surface area contributed by atoms with Crippen molar-refractivity contribution in [3.05, 3.63) is 58.1 Å². The normalized spacial score (nSPS) is 10.6. The van der Waals surface area contributed by atoms with Gasteiger partial charge in [-0.15, -0.1) is 0 Å². The smallest absolute Gasteiger partial charge is 0.338 e. The highest BCUT2D eigenvalue weighted by Gasteiger charge is 2.10. The predicted molar refractivity (Wildman–Crippen MR) is 113 cm³/mol. The molecule has 0 spiro atoms. The van der Waals surface area contributed by atoms with Gasteiger partial charge in [-0.05, 0) is 56.3 Å². The second-order valence-electron chi connectivity index (χ2n) is 6.13. The van der Waals surface area contributed by atoms with E-state index in [1.807, 2.05) is 0 Å². The summed E-state index contributed by atoms with van der Waals surface area (Å²) in [4.78, 5) is 25.5. The van der Waals surface area contributed by atoms with E-state index >= 15 is 0 Å². The summed E-state index contributed by atoms with van der Waals surface area (Å²) in [6, 6.07) is 10.9. The number of likely N-dealkylation sites (N-methyl/N-ethyl adjacent to an activating group) is 1. The minimum absolute atomic E-state index is 0.352. The first-order chi connectivity index (χ1) is 13.4. The molecule has 3 N–H and O–H groups in total. The van der Waals surface area contributed by atoms with E-state index in [1.165, 1.54) is 4.90 Å². The lowest BCUT2D eigenvalue weighted by atomic mass is 10.2. The summed E-state index contributed by atoms with van der Waals surface area (Å²) in [5, 5.41) is 6.10. The Morgan fingerprint density at radius 3 is 2.14 bits per heavy atom. The van der Waals surface area contributed by atoms with E-state index in [0.717, 1.165) is 19.6 Å². The average Bonchev–Trinajstić information content (AvgIpc) is 2.68. The van der Waals surface area contributed by atoms with Gasteiger partial charge in [-0.2, -0.15) is 0 Å². The minimum Gasteiger partial charge on any atom is -0.456 e. The highest BCUT2D eigenvalue weighted by molar-refractivity contribution is 6.42. The molecule has 0 heterocycles. The molecule has 6 nitrogen and oxygen atoms in total. The van der Waals surface area contributed by atoms with Crippen LogP contribution in [-0.2, 0) is 4.74 Å². The first kappa shape index (κ1) is 22.0. The second kappa shape index (κ2) is 10.9. The van der Waals surface area contributed by atoms with Crippen molar-refractivity contribution in [1.82, 2.24) is 0 Å². The third kappa shape index (κ3) is 6.71. The van der Waals surface area contributed by atoms with E-state index in [2.05, 4.69) is 24.5 Å². The van der Waals surface area contributed by atoms with Crippen molar-refractivity contribution in [2.75, 3.05) is 36.9 Å². The van der Waals surface area contributed by atoms with Crippen LogP contribution in [0.2, 0.25) is 10.0 Å².